The first-order chi connectivity index (χ1) is 9.28. The van der Waals surface area contributed by atoms with Gasteiger partial charge in [0.2, 0.25) is 0 Å². The minimum atomic E-state index is 0.450. The van der Waals surface area contributed by atoms with Crippen LogP contribution in [-0.2, 0) is 6.42 Å². The van der Waals surface area contributed by atoms with Crippen LogP contribution in [0.2, 0.25) is 0 Å². The summed E-state index contributed by atoms with van der Waals surface area (Å²) in [6.07, 6.45) is 0.721. The van der Waals surface area contributed by atoms with Crippen LogP contribution >= 0.6 is 0 Å². The monoisotopic (exact) mass is 263 g/mol. The van der Waals surface area contributed by atoms with Crippen LogP contribution in [0, 0.1) is 0 Å². The Balaban J connectivity index is 2.27. The van der Waals surface area contributed by atoms with E-state index in [9.17, 15) is 0 Å². The molecule has 19 heavy (non-hydrogen) atoms. The zero-order valence-corrected chi connectivity index (χ0v) is 11.3. The molecule has 0 spiro atoms. The highest BCUT2D eigenvalue weighted by Gasteiger charge is 2.14. The van der Waals surface area contributed by atoms with Crippen molar-refractivity contribution in [2.75, 3.05) is 27.8 Å². The molecule has 0 saturated heterocycles. The van der Waals surface area contributed by atoms with E-state index in [-0.39, 0.29) is 0 Å². The van der Waals surface area contributed by atoms with Crippen LogP contribution in [0.25, 0.3) is 11.5 Å². The molecule has 0 aliphatic carbocycles. The van der Waals surface area contributed by atoms with Gasteiger partial charge in [-0.3, -0.25) is 0 Å². The minimum Gasteiger partial charge on any atom is -0.497 e. The second-order valence-corrected chi connectivity index (χ2v) is 3.94. The zero-order valence-electron chi connectivity index (χ0n) is 11.3. The lowest BCUT2D eigenvalue weighted by molar-refractivity contribution is 0.390. The molecular formula is C13H17N3O3. The Morgan fingerprint density at radius 3 is 2.79 bits per heavy atom. The standard InChI is InChI=1S/C13H17N3O3/c1-14-7-6-12-15-13(19-16-12)10-5-4-9(17-2)8-11(10)18-3/h4-5,8,14H,6-7H2,1-3H3. The SMILES string of the molecule is CNCCc1noc(-c2ccc(OC)cc2OC)n1. The van der Waals surface area contributed by atoms with E-state index in [2.05, 4.69) is 15.5 Å². The molecule has 0 unspecified atom stereocenters. The maximum atomic E-state index is 5.31. The van der Waals surface area contributed by atoms with Crippen LogP contribution in [0.15, 0.2) is 22.7 Å². The average molecular weight is 263 g/mol. The summed E-state index contributed by atoms with van der Waals surface area (Å²) in [5.41, 5.74) is 0.756. The van der Waals surface area contributed by atoms with Gasteiger partial charge in [0, 0.05) is 19.0 Å². The number of ether oxygens (including phenoxy) is 2. The molecule has 0 radical (unpaired) electrons. The second-order valence-electron chi connectivity index (χ2n) is 3.94. The van der Waals surface area contributed by atoms with Crippen molar-refractivity contribution in [3.05, 3.63) is 24.0 Å². The van der Waals surface area contributed by atoms with Gasteiger partial charge < -0.3 is 19.3 Å². The highest BCUT2D eigenvalue weighted by atomic mass is 16.5. The lowest BCUT2D eigenvalue weighted by Crippen LogP contribution is -2.11. The Labute approximate surface area is 111 Å². The van der Waals surface area contributed by atoms with E-state index in [1.165, 1.54) is 0 Å². The van der Waals surface area contributed by atoms with E-state index < -0.39 is 0 Å². The minimum absolute atomic E-state index is 0.450. The van der Waals surface area contributed by atoms with E-state index in [1.807, 2.05) is 19.2 Å². The van der Waals surface area contributed by atoms with Crippen molar-refractivity contribution < 1.29 is 14.0 Å². The lowest BCUT2D eigenvalue weighted by atomic mass is 10.2. The predicted octanol–water partition coefficient (Wildman–Crippen LogP) is 1.52. The fourth-order valence-electron chi connectivity index (χ4n) is 1.68. The summed E-state index contributed by atoms with van der Waals surface area (Å²) in [6.45, 7) is 0.804. The summed E-state index contributed by atoms with van der Waals surface area (Å²) in [5, 5.41) is 6.98. The van der Waals surface area contributed by atoms with Gasteiger partial charge in [-0.2, -0.15) is 4.98 Å². The van der Waals surface area contributed by atoms with Gasteiger partial charge >= 0.3 is 0 Å². The van der Waals surface area contributed by atoms with Gasteiger partial charge in [-0.15, -0.1) is 0 Å². The number of rotatable bonds is 6. The van der Waals surface area contributed by atoms with Crippen molar-refractivity contribution in [1.29, 1.82) is 0 Å². The first kappa shape index (κ1) is 13.4. The Morgan fingerprint density at radius 1 is 1.26 bits per heavy atom. The van der Waals surface area contributed by atoms with Gasteiger partial charge in [-0.1, -0.05) is 5.16 Å². The molecule has 0 aliphatic rings. The van der Waals surface area contributed by atoms with E-state index in [0.29, 0.717) is 17.5 Å². The molecule has 6 nitrogen and oxygen atoms in total. The summed E-state index contributed by atoms with van der Waals surface area (Å²) in [4.78, 5) is 4.34. The number of likely N-dealkylation sites (N-methyl/N-ethyl adjacent to an activating group) is 1. The molecule has 102 valence electrons. The normalized spacial score (nSPS) is 10.5. The number of nitrogens with one attached hydrogen (secondary N) is 1. The maximum Gasteiger partial charge on any atom is 0.261 e. The quantitative estimate of drug-likeness (QED) is 0.852. The third kappa shape index (κ3) is 3.03. The molecule has 2 aromatic rings. The van der Waals surface area contributed by atoms with Crippen molar-refractivity contribution in [3.63, 3.8) is 0 Å². The first-order valence-corrected chi connectivity index (χ1v) is 5.98. The summed E-state index contributed by atoms with van der Waals surface area (Å²) >= 11 is 0. The highest BCUT2D eigenvalue weighted by Crippen LogP contribution is 2.32. The van der Waals surface area contributed by atoms with Crippen molar-refractivity contribution >= 4 is 0 Å². The number of hydrogen-bond donors (Lipinski definition) is 1. The molecule has 2 rings (SSSR count). The van der Waals surface area contributed by atoms with Crippen molar-refractivity contribution in [2.45, 2.75) is 6.42 Å². The Bertz CT molecular complexity index is 540. The predicted molar refractivity (Wildman–Crippen MR) is 70.5 cm³/mol. The number of benzene rings is 1. The first-order valence-electron chi connectivity index (χ1n) is 5.98. The van der Waals surface area contributed by atoms with Crippen LogP contribution in [0.1, 0.15) is 5.82 Å². The van der Waals surface area contributed by atoms with E-state index in [0.717, 1.165) is 24.3 Å². The van der Waals surface area contributed by atoms with Crippen LogP contribution in [0.4, 0.5) is 0 Å². The number of methoxy groups -OCH3 is 2. The number of nitrogens with zero attached hydrogens (tertiary/aromatic N) is 2. The molecule has 0 atom stereocenters. The van der Waals surface area contributed by atoms with Gasteiger partial charge in [0.25, 0.3) is 5.89 Å². The van der Waals surface area contributed by atoms with Crippen LogP contribution in [0.5, 0.6) is 11.5 Å². The fraction of sp³-hybridized carbons (Fsp3) is 0.385. The molecule has 1 N–H and O–H groups in total. The highest BCUT2D eigenvalue weighted by molar-refractivity contribution is 5.64. The second kappa shape index (κ2) is 6.19. The summed E-state index contributed by atoms with van der Waals surface area (Å²) in [5.74, 6) is 2.48. The zero-order chi connectivity index (χ0) is 13.7. The smallest absolute Gasteiger partial charge is 0.261 e. The molecule has 0 aliphatic heterocycles. The van der Waals surface area contributed by atoms with Crippen molar-refractivity contribution in [3.8, 4) is 23.0 Å². The van der Waals surface area contributed by atoms with Crippen molar-refractivity contribution in [1.82, 2.24) is 15.5 Å². The third-order valence-corrected chi connectivity index (χ3v) is 2.71. The van der Waals surface area contributed by atoms with Crippen LogP contribution < -0.4 is 14.8 Å². The van der Waals surface area contributed by atoms with Gasteiger partial charge in [0.05, 0.1) is 19.8 Å². The third-order valence-electron chi connectivity index (χ3n) is 2.71. The molecule has 6 heteroatoms. The molecule has 0 fully saturated rings. The Kier molecular flexibility index (Phi) is 4.35. The van der Waals surface area contributed by atoms with Crippen LogP contribution in [0.3, 0.4) is 0 Å². The molecule has 1 aromatic heterocycles. The van der Waals surface area contributed by atoms with Crippen molar-refractivity contribution in [2.24, 2.45) is 0 Å². The summed E-state index contributed by atoms with van der Waals surface area (Å²) < 4.78 is 15.7. The average Bonchev–Trinajstić information content (AvgIpc) is 2.92. The largest absolute Gasteiger partial charge is 0.497 e. The van der Waals surface area contributed by atoms with Gasteiger partial charge in [-0.25, -0.2) is 0 Å². The van der Waals surface area contributed by atoms with E-state index in [4.69, 9.17) is 14.0 Å². The fourth-order valence-corrected chi connectivity index (χ4v) is 1.68. The van der Waals surface area contributed by atoms with Gasteiger partial charge in [-0.05, 0) is 19.2 Å². The molecule has 0 saturated carbocycles. The Morgan fingerprint density at radius 2 is 2.11 bits per heavy atom. The summed E-state index contributed by atoms with van der Waals surface area (Å²) in [7, 11) is 5.08. The molecule has 1 heterocycles. The lowest BCUT2D eigenvalue weighted by Gasteiger charge is -2.06. The van der Waals surface area contributed by atoms with Gasteiger partial charge in [0.15, 0.2) is 5.82 Å². The topological polar surface area (TPSA) is 69.4 Å². The Hall–Kier alpha value is -2.08. The molecule has 0 amide bonds. The molecular weight excluding hydrogens is 246 g/mol. The molecule has 0 bridgehead atoms. The van der Waals surface area contributed by atoms with E-state index in [1.54, 1.807) is 20.3 Å². The van der Waals surface area contributed by atoms with Crippen LogP contribution in [-0.4, -0.2) is 38.0 Å². The van der Waals surface area contributed by atoms with E-state index >= 15 is 0 Å². The number of hydrogen-bond acceptors (Lipinski definition) is 6. The molecule has 1 aromatic carbocycles. The van der Waals surface area contributed by atoms with Gasteiger partial charge in [0.1, 0.15) is 11.5 Å². The number of aromatic nitrogens is 2. The summed E-state index contributed by atoms with van der Waals surface area (Å²) in [6, 6.07) is 5.45. The maximum absolute atomic E-state index is 5.31.